The molecule has 5 heteroatoms. The molecule has 0 aliphatic carbocycles. The zero-order valence-electron chi connectivity index (χ0n) is 9.18. The molecule has 1 amide bonds. The van der Waals surface area contributed by atoms with E-state index >= 15 is 0 Å². The fraction of sp³-hybridized carbons (Fsp3) is 0.364. The van der Waals surface area contributed by atoms with Gasteiger partial charge in [0.05, 0.1) is 0 Å². The van der Waals surface area contributed by atoms with E-state index < -0.39 is 23.1 Å². The first-order chi connectivity index (χ1) is 7.35. The van der Waals surface area contributed by atoms with E-state index in [1.807, 2.05) is 0 Å². The fourth-order valence-electron chi connectivity index (χ4n) is 1.07. The van der Waals surface area contributed by atoms with Crippen molar-refractivity contribution in [3.63, 3.8) is 0 Å². The molecule has 88 valence electrons. The van der Waals surface area contributed by atoms with E-state index in [0.717, 1.165) is 12.1 Å². The minimum Gasteiger partial charge on any atom is -0.346 e. The normalized spacial score (nSPS) is 11.3. The monoisotopic (exact) mass is 228 g/mol. The van der Waals surface area contributed by atoms with Crippen LogP contribution < -0.4 is 11.1 Å². The van der Waals surface area contributed by atoms with E-state index in [1.54, 1.807) is 13.8 Å². The molecule has 0 aliphatic rings. The van der Waals surface area contributed by atoms with Crippen molar-refractivity contribution in [2.75, 3.05) is 6.54 Å². The number of nitrogens with one attached hydrogen (secondary N) is 1. The minimum atomic E-state index is -1.04. The van der Waals surface area contributed by atoms with Crippen LogP contribution in [-0.4, -0.2) is 18.0 Å². The number of carbonyl (C=O) groups excluding carboxylic acids is 1. The van der Waals surface area contributed by atoms with Gasteiger partial charge in [0, 0.05) is 17.6 Å². The third-order valence-corrected chi connectivity index (χ3v) is 2.14. The second-order valence-electron chi connectivity index (χ2n) is 4.17. The maximum Gasteiger partial charge on any atom is 0.251 e. The van der Waals surface area contributed by atoms with Crippen molar-refractivity contribution in [2.24, 2.45) is 5.73 Å². The first-order valence-electron chi connectivity index (χ1n) is 4.83. The van der Waals surface area contributed by atoms with Crippen LogP contribution in [0.5, 0.6) is 0 Å². The van der Waals surface area contributed by atoms with Crippen LogP contribution >= 0.6 is 0 Å². The molecule has 0 aromatic heterocycles. The van der Waals surface area contributed by atoms with Gasteiger partial charge in [-0.3, -0.25) is 4.79 Å². The molecule has 0 aliphatic heterocycles. The van der Waals surface area contributed by atoms with Crippen LogP contribution in [-0.2, 0) is 0 Å². The lowest BCUT2D eigenvalue weighted by Gasteiger charge is -2.24. The molecule has 1 aromatic rings. The molecule has 3 nitrogen and oxygen atoms in total. The van der Waals surface area contributed by atoms with E-state index in [2.05, 4.69) is 5.32 Å². The molecule has 0 atom stereocenters. The average Bonchev–Trinajstić information content (AvgIpc) is 2.21. The fourth-order valence-corrected chi connectivity index (χ4v) is 1.07. The van der Waals surface area contributed by atoms with Crippen molar-refractivity contribution in [1.82, 2.24) is 5.32 Å². The van der Waals surface area contributed by atoms with Gasteiger partial charge in [0.1, 0.15) is 0 Å². The maximum atomic E-state index is 12.9. The molecule has 1 aromatic carbocycles. The van der Waals surface area contributed by atoms with Crippen LogP contribution in [0.4, 0.5) is 8.78 Å². The number of hydrogen-bond acceptors (Lipinski definition) is 2. The summed E-state index contributed by atoms with van der Waals surface area (Å²) in [6.07, 6.45) is 0. The molecule has 3 N–H and O–H groups in total. The number of nitrogens with two attached hydrogens (primary N) is 1. The Morgan fingerprint density at radius 2 is 2.00 bits per heavy atom. The molecule has 0 saturated carbocycles. The zero-order chi connectivity index (χ0) is 12.3. The Morgan fingerprint density at radius 1 is 1.38 bits per heavy atom. The smallest absolute Gasteiger partial charge is 0.251 e. The van der Waals surface area contributed by atoms with Gasteiger partial charge in [-0.1, -0.05) is 0 Å². The van der Waals surface area contributed by atoms with Gasteiger partial charge in [0.2, 0.25) is 0 Å². The zero-order valence-corrected chi connectivity index (χ0v) is 9.18. The predicted molar refractivity (Wildman–Crippen MR) is 57.0 cm³/mol. The molecule has 0 fully saturated rings. The SMILES string of the molecule is CC(C)(CN)NC(=O)c1ccc(F)c(F)c1. The highest BCUT2D eigenvalue weighted by Crippen LogP contribution is 2.10. The largest absolute Gasteiger partial charge is 0.346 e. The summed E-state index contributed by atoms with van der Waals surface area (Å²) < 4.78 is 25.5. The highest BCUT2D eigenvalue weighted by molar-refractivity contribution is 5.94. The van der Waals surface area contributed by atoms with Crippen LogP contribution in [0.25, 0.3) is 0 Å². The standard InChI is InChI=1S/C11H14F2N2O/c1-11(2,6-14)15-10(16)7-3-4-8(12)9(13)5-7/h3-5H,6,14H2,1-2H3,(H,15,16). The van der Waals surface area contributed by atoms with Gasteiger partial charge in [-0.05, 0) is 32.0 Å². The molecule has 0 bridgehead atoms. The summed E-state index contributed by atoms with van der Waals surface area (Å²) in [5.41, 5.74) is 4.93. The number of amides is 1. The highest BCUT2D eigenvalue weighted by Gasteiger charge is 2.19. The number of benzene rings is 1. The lowest BCUT2D eigenvalue weighted by atomic mass is 10.1. The van der Waals surface area contributed by atoms with Gasteiger partial charge in [-0.2, -0.15) is 0 Å². The van der Waals surface area contributed by atoms with Gasteiger partial charge < -0.3 is 11.1 Å². The summed E-state index contributed by atoms with van der Waals surface area (Å²) in [4.78, 5) is 11.6. The number of hydrogen-bond donors (Lipinski definition) is 2. The molecule has 0 radical (unpaired) electrons. The summed E-state index contributed by atoms with van der Waals surface area (Å²) in [6, 6.07) is 3.00. The van der Waals surface area contributed by atoms with E-state index in [9.17, 15) is 13.6 Å². The Kier molecular flexibility index (Phi) is 3.59. The first-order valence-corrected chi connectivity index (χ1v) is 4.83. The minimum absolute atomic E-state index is 0.0698. The Bertz CT molecular complexity index is 405. The lowest BCUT2D eigenvalue weighted by molar-refractivity contribution is 0.0915. The van der Waals surface area contributed by atoms with E-state index in [-0.39, 0.29) is 12.1 Å². The molecule has 16 heavy (non-hydrogen) atoms. The van der Waals surface area contributed by atoms with Gasteiger partial charge >= 0.3 is 0 Å². The van der Waals surface area contributed by atoms with Crippen molar-refractivity contribution < 1.29 is 13.6 Å². The summed E-state index contributed by atoms with van der Waals surface area (Å²) in [5, 5.41) is 2.62. The summed E-state index contributed by atoms with van der Waals surface area (Å²) >= 11 is 0. The second kappa shape index (κ2) is 4.57. The number of rotatable bonds is 3. The van der Waals surface area contributed by atoms with Crippen LogP contribution in [0.2, 0.25) is 0 Å². The second-order valence-corrected chi connectivity index (χ2v) is 4.17. The van der Waals surface area contributed by atoms with E-state index in [4.69, 9.17) is 5.73 Å². The first kappa shape index (κ1) is 12.6. The Balaban J connectivity index is 2.85. The van der Waals surface area contributed by atoms with Crippen LogP contribution in [0.3, 0.4) is 0 Å². The number of halogens is 2. The molecular formula is C11H14F2N2O. The third kappa shape index (κ3) is 3.00. The van der Waals surface area contributed by atoms with Crippen molar-refractivity contribution in [3.05, 3.63) is 35.4 Å². The van der Waals surface area contributed by atoms with Crippen LogP contribution in [0.15, 0.2) is 18.2 Å². The van der Waals surface area contributed by atoms with Gasteiger partial charge in [0.15, 0.2) is 11.6 Å². The molecular weight excluding hydrogens is 214 g/mol. The molecule has 0 unspecified atom stereocenters. The summed E-state index contributed by atoms with van der Waals surface area (Å²) in [5.74, 6) is -2.50. The quantitative estimate of drug-likeness (QED) is 0.822. The van der Waals surface area contributed by atoms with Crippen LogP contribution in [0, 0.1) is 11.6 Å². The van der Waals surface area contributed by atoms with Crippen molar-refractivity contribution in [2.45, 2.75) is 19.4 Å². The molecule has 0 saturated heterocycles. The van der Waals surface area contributed by atoms with Crippen LogP contribution in [0.1, 0.15) is 24.2 Å². The van der Waals surface area contributed by atoms with Crippen molar-refractivity contribution >= 4 is 5.91 Å². The Hall–Kier alpha value is -1.49. The highest BCUT2D eigenvalue weighted by atomic mass is 19.2. The topological polar surface area (TPSA) is 55.1 Å². The molecule has 1 rings (SSSR count). The average molecular weight is 228 g/mol. The van der Waals surface area contributed by atoms with Gasteiger partial charge in [0.25, 0.3) is 5.91 Å². The maximum absolute atomic E-state index is 12.9. The number of carbonyl (C=O) groups is 1. The molecule has 0 spiro atoms. The predicted octanol–water partition coefficient (Wildman–Crippen LogP) is 1.43. The Morgan fingerprint density at radius 3 is 2.50 bits per heavy atom. The van der Waals surface area contributed by atoms with Gasteiger partial charge in [-0.25, -0.2) is 8.78 Å². The van der Waals surface area contributed by atoms with E-state index in [0.29, 0.717) is 0 Å². The molecule has 0 heterocycles. The van der Waals surface area contributed by atoms with Crippen molar-refractivity contribution in [3.8, 4) is 0 Å². The lowest BCUT2D eigenvalue weighted by Crippen LogP contribution is -2.48. The van der Waals surface area contributed by atoms with E-state index in [1.165, 1.54) is 6.07 Å². The third-order valence-electron chi connectivity index (χ3n) is 2.14. The van der Waals surface area contributed by atoms with Gasteiger partial charge in [-0.15, -0.1) is 0 Å². The Labute approximate surface area is 92.6 Å². The summed E-state index contributed by atoms with van der Waals surface area (Å²) in [6.45, 7) is 3.73. The summed E-state index contributed by atoms with van der Waals surface area (Å²) in [7, 11) is 0. The van der Waals surface area contributed by atoms with Crippen molar-refractivity contribution in [1.29, 1.82) is 0 Å².